The Morgan fingerprint density at radius 1 is 1.31 bits per heavy atom. The minimum Gasteiger partial charge on any atom is -0.495 e. The van der Waals surface area contributed by atoms with E-state index in [9.17, 15) is 0 Å². The summed E-state index contributed by atoms with van der Waals surface area (Å²) in [5, 5.41) is 1.02. The van der Waals surface area contributed by atoms with Crippen LogP contribution >= 0.6 is 0 Å². The Morgan fingerprint density at radius 2 is 2.12 bits per heavy atom. The summed E-state index contributed by atoms with van der Waals surface area (Å²) in [5.74, 6) is 0.661. The molecular formula is C12H15N3O. The highest BCUT2D eigenvalue weighted by molar-refractivity contribution is 5.93. The summed E-state index contributed by atoms with van der Waals surface area (Å²) >= 11 is 0. The number of nitrogens with zero attached hydrogens (tertiary/aromatic N) is 2. The third-order valence-corrected chi connectivity index (χ3v) is 2.60. The molecule has 84 valence electrons. The van der Waals surface area contributed by atoms with E-state index in [2.05, 4.69) is 16.9 Å². The van der Waals surface area contributed by atoms with Crippen LogP contribution in [0.4, 0.5) is 5.69 Å². The fraction of sp³-hybridized carbons (Fsp3) is 0.333. The van der Waals surface area contributed by atoms with Crippen LogP contribution in [0.3, 0.4) is 0 Å². The van der Waals surface area contributed by atoms with Crippen LogP contribution in [0.25, 0.3) is 10.9 Å². The molecular weight excluding hydrogens is 202 g/mol. The maximum Gasteiger partial charge on any atom is 0.144 e. The maximum atomic E-state index is 5.98. The molecule has 16 heavy (non-hydrogen) atoms. The van der Waals surface area contributed by atoms with Crippen molar-refractivity contribution in [2.75, 3.05) is 12.8 Å². The second kappa shape index (κ2) is 4.35. The van der Waals surface area contributed by atoms with Crippen molar-refractivity contribution in [2.24, 2.45) is 0 Å². The second-order valence-corrected chi connectivity index (χ2v) is 3.65. The van der Waals surface area contributed by atoms with Gasteiger partial charge >= 0.3 is 0 Å². The fourth-order valence-electron chi connectivity index (χ4n) is 1.80. The highest BCUT2D eigenvalue weighted by Crippen LogP contribution is 2.29. The van der Waals surface area contributed by atoms with Gasteiger partial charge < -0.3 is 10.5 Å². The van der Waals surface area contributed by atoms with Gasteiger partial charge in [-0.15, -0.1) is 0 Å². The van der Waals surface area contributed by atoms with E-state index in [4.69, 9.17) is 10.5 Å². The monoisotopic (exact) mass is 217 g/mol. The summed E-state index contributed by atoms with van der Waals surface area (Å²) in [5.41, 5.74) is 8.38. The first kappa shape index (κ1) is 10.7. The molecule has 2 aromatic rings. The summed E-state index contributed by atoms with van der Waals surface area (Å²) in [7, 11) is 1.60. The Labute approximate surface area is 94.5 Å². The lowest BCUT2D eigenvalue weighted by atomic mass is 10.1. The molecule has 0 saturated heterocycles. The number of fused-ring (bicyclic) bond motifs is 1. The Kier molecular flexibility index (Phi) is 2.90. The lowest BCUT2D eigenvalue weighted by Gasteiger charge is -2.09. The van der Waals surface area contributed by atoms with Crippen molar-refractivity contribution >= 4 is 16.6 Å². The number of aryl methyl sites for hydroxylation is 1. The Morgan fingerprint density at radius 3 is 2.81 bits per heavy atom. The number of anilines is 1. The average molecular weight is 217 g/mol. The van der Waals surface area contributed by atoms with E-state index in [1.54, 1.807) is 13.4 Å². The molecule has 0 amide bonds. The standard InChI is InChI=1S/C12H15N3O/c1-3-4-9-8-5-6-10(16-2)11(13)12(8)15-7-14-9/h5-7H,3-4,13H2,1-2H3. The lowest BCUT2D eigenvalue weighted by Crippen LogP contribution is -1.99. The number of hydrogen-bond donors (Lipinski definition) is 1. The summed E-state index contributed by atoms with van der Waals surface area (Å²) in [6.07, 6.45) is 3.55. The molecule has 2 N–H and O–H groups in total. The van der Waals surface area contributed by atoms with Gasteiger partial charge in [-0.2, -0.15) is 0 Å². The van der Waals surface area contributed by atoms with Gasteiger partial charge in [0.25, 0.3) is 0 Å². The van der Waals surface area contributed by atoms with Gasteiger partial charge in [0.15, 0.2) is 0 Å². The predicted molar refractivity (Wildman–Crippen MR) is 64.5 cm³/mol. The van der Waals surface area contributed by atoms with Gasteiger partial charge in [-0.3, -0.25) is 0 Å². The summed E-state index contributed by atoms with van der Waals surface area (Å²) in [4.78, 5) is 8.50. The molecule has 0 atom stereocenters. The normalized spacial score (nSPS) is 10.6. The van der Waals surface area contributed by atoms with Crippen molar-refractivity contribution in [2.45, 2.75) is 19.8 Å². The molecule has 0 radical (unpaired) electrons. The van der Waals surface area contributed by atoms with Crippen molar-refractivity contribution in [3.63, 3.8) is 0 Å². The van der Waals surface area contributed by atoms with Crippen molar-refractivity contribution in [1.29, 1.82) is 0 Å². The predicted octanol–water partition coefficient (Wildman–Crippen LogP) is 2.17. The zero-order valence-electron chi connectivity index (χ0n) is 9.53. The first-order valence-corrected chi connectivity index (χ1v) is 5.34. The van der Waals surface area contributed by atoms with Crippen LogP contribution < -0.4 is 10.5 Å². The van der Waals surface area contributed by atoms with Crippen LogP contribution in [0.1, 0.15) is 19.0 Å². The quantitative estimate of drug-likeness (QED) is 0.800. The molecule has 0 fully saturated rings. The molecule has 0 bridgehead atoms. The van der Waals surface area contributed by atoms with Crippen molar-refractivity contribution in [3.8, 4) is 5.75 Å². The van der Waals surface area contributed by atoms with Gasteiger partial charge in [0.05, 0.1) is 12.8 Å². The number of nitrogens with two attached hydrogens (primary N) is 1. The molecule has 1 aromatic carbocycles. The fourth-order valence-corrected chi connectivity index (χ4v) is 1.80. The molecule has 4 heteroatoms. The van der Waals surface area contributed by atoms with Gasteiger partial charge in [0, 0.05) is 5.39 Å². The maximum absolute atomic E-state index is 5.98. The van der Waals surface area contributed by atoms with Crippen LogP contribution in [-0.2, 0) is 6.42 Å². The summed E-state index contributed by atoms with van der Waals surface area (Å²) in [6.45, 7) is 2.13. The summed E-state index contributed by atoms with van der Waals surface area (Å²) < 4.78 is 5.17. The third-order valence-electron chi connectivity index (χ3n) is 2.60. The minimum absolute atomic E-state index is 0.583. The largest absolute Gasteiger partial charge is 0.495 e. The second-order valence-electron chi connectivity index (χ2n) is 3.65. The van der Waals surface area contributed by atoms with E-state index < -0.39 is 0 Å². The van der Waals surface area contributed by atoms with Crippen LogP contribution in [-0.4, -0.2) is 17.1 Å². The van der Waals surface area contributed by atoms with E-state index in [1.165, 1.54) is 0 Å². The zero-order chi connectivity index (χ0) is 11.5. The minimum atomic E-state index is 0.583. The number of benzene rings is 1. The van der Waals surface area contributed by atoms with Gasteiger partial charge in [0.1, 0.15) is 23.3 Å². The molecule has 0 aliphatic rings. The van der Waals surface area contributed by atoms with Crippen molar-refractivity contribution < 1.29 is 4.74 Å². The average Bonchev–Trinajstić information content (AvgIpc) is 2.31. The Balaban J connectivity index is 2.67. The highest BCUT2D eigenvalue weighted by atomic mass is 16.5. The molecule has 0 unspecified atom stereocenters. The van der Waals surface area contributed by atoms with Crippen molar-refractivity contribution in [3.05, 3.63) is 24.2 Å². The van der Waals surface area contributed by atoms with Crippen molar-refractivity contribution in [1.82, 2.24) is 9.97 Å². The molecule has 0 saturated carbocycles. The molecule has 0 aliphatic carbocycles. The van der Waals surface area contributed by atoms with Crippen LogP contribution in [0.5, 0.6) is 5.75 Å². The van der Waals surface area contributed by atoms with Gasteiger partial charge in [-0.25, -0.2) is 9.97 Å². The first-order chi connectivity index (χ1) is 7.77. The number of nitrogen functional groups attached to an aromatic ring is 1. The first-order valence-electron chi connectivity index (χ1n) is 5.34. The van der Waals surface area contributed by atoms with Crippen LogP contribution in [0.2, 0.25) is 0 Å². The van der Waals surface area contributed by atoms with Gasteiger partial charge in [-0.1, -0.05) is 13.3 Å². The molecule has 0 aliphatic heterocycles. The molecule has 2 rings (SSSR count). The van der Waals surface area contributed by atoms with Crippen LogP contribution in [0.15, 0.2) is 18.5 Å². The topological polar surface area (TPSA) is 61.0 Å². The van der Waals surface area contributed by atoms with E-state index in [0.29, 0.717) is 11.4 Å². The summed E-state index contributed by atoms with van der Waals surface area (Å²) in [6, 6.07) is 3.83. The van der Waals surface area contributed by atoms with E-state index >= 15 is 0 Å². The number of rotatable bonds is 3. The van der Waals surface area contributed by atoms with Gasteiger partial charge in [-0.05, 0) is 18.6 Å². The number of aromatic nitrogens is 2. The Bertz CT molecular complexity index is 511. The van der Waals surface area contributed by atoms with Gasteiger partial charge in [0.2, 0.25) is 0 Å². The molecule has 0 spiro atoms. The lowest BCUT2D eigenvalue weighted by molar-refractivity contribution is 0.417. The third kappa shape index (κ3) is 1.66. The molecule has 4 nitrogen and oxygen atoms in total. The Hall–Kier alpha value is -1.84. The van der Waals surface area contributed by atoms with E-state index in [1.807, 2.05) is 12.1 Å². The number of ether oxygens (including phenoxy) is 1. The number of hydrogen-bond acceptors (Lipinski definition) is 4. The molecule has 1 heterocycles. The van der Waals surface area contributed by atoms with E-state index in [-0.39, 0.29) is 0 Å². The van der Waals surface area contributed by atoms with Crippen LogP contribution in [0, 0.1) is 0 Å². The SMILES string of the molecule is CCCc1ncnc2c(N)c(OC)ccc12. The molecule has 1 aromatic heterocycles. The number of methoxy groups -OCH3 is 1. The zero-order valence-corrected chi connectivity index (χ0v) is 9.53. The smallest absolute Gasteiger partial charge is 0.144 e. The van der Waals surface area contributed by atoms with E-state index in [0.717, 1.165) is 29.4 Å². The highest BCUT2D eigenvalue weighted by Gasteiger charge is 2.09.